The van der Waals surface area contributed by atoms with Gasteiger partial charge in [-0.3, -0.25) is 9.59 Å². The SMILES string of the molecule is COCCCN1C(=O)C(=O)/C(=C(/O)c2cc(C(C)(C)C)ccc2C)C1c1ccc(OC(C)C)cc1. The van der Waals surface area contributed by atoms with Gasteiger partial charge in [-0.05, 0) is 67.5 Å². The highest BCUT2D eigenvalue weighted by atomic mass is 16.5. The number of amides is 1. The molecule has 0 saturated carbocycles. The number of methoxy groups -OCH3 is 1. The van der Waals surface area contributed by atoms with Crippen molar-refractivity contribution in [1.29, 1.82) is 0 Å². The second-order valence-corrected chi connectivity index (χ2v) is 10.4. The third kappa shape index (κ3) is 5.76. The van der Waals surface area contributed by atoms with Gasteiger partial charge < -0.3 is 19.5 Å². The molecule has 0 aromatic heterocycles. The molecule has 6 nitrogen and oxygen atoms in total. The third-order valence-corrected chi connectivity index (χ3v) is 6.21. The summed E-state index contributed by atoms with van der Waals surface area (Å²) < 4.78 is 10.9. The van der Waals surface area contributed by atoms with Crippen LogP contribution < -0.4 is 4.74 Å². The van der Waals surface area contributed by atoms with Gasteiger partial charge >= 0.3 is 0 Å². The second kappa shape index (κ2) is 10.6. The van der Waals surface area contributed by atoms with Crippen LogP contribution in [0.25, 0.3) is 5.76 Å². The van der Waals surface area contributed by atoms with E-state index in [4.69, 9.17) is 9.47 Å². The van der Waals surface area contributed by atoms with E-state index >= 15 is 0 Å². The van der Waals surface area contributed by atoms with Crippen LogP contribution in [0.5, 0.6) is 5.75 Å². The molecule has 1 aliphatic rings. The summed E-state index contributed by atoms with van der Waals surface area (Å²) in [6, 6.07) is 12.5. The molecule has 0 radical (unpaired) electrons. The third-order valence-electron chi connectivity index (χ3n) is 6.21. The lowest BCUT2D eigenvalue weighted by Gasteiger charge is -2.26. The lowest BCUT2D eigenvalue weighted by Crippen LogP contribution is -2.31. The molecule has 0 spiro atoms. The topological polar surface area (TPSA) is 76.1 Å². The van der Waals surface area contributed by atoms with Gasteiger partial charge in [0, 0.05) is 25.8 Å². The van der Waals surface area contributed by atoms with Crippen molar-refractivity contribution in [1.82, 2.24) is 4.90 Å². The van der Waals surface area contributed by atoms with Gasteiger partial charge in [-0.1, -0.05) is 45.0 Å². The molecule has 1 unspecified atom stereocenters. The molecule has 0 aliphatic carbocycles. The van der Waals surface area contributed by atoms with E-state index in [1.807, 2.05) is 63.2 Å². The lowest BCUT2D eigenvalue weighted by molar-refractivity contribution is -0.140. The lowest BCUT2D eigenvalue weighted by atomic mass is 9.84. The number of carbonyl (C=O) groups excluding carboxylic acids is 2. The number of aryl methyl sites for hydroxylation is 1. The molecule has 1 amide bonds. The minimum atomic E-state index is -0.697. The van der Waals surface area contributed by atoms with Crippen LogP contribution in [-0.4, -0.2) is 48.1 Å². The van der Waals surface area contributed by atoms with E-state index in [0.717, 1.165) is 16.7 Å². The zero-order valence-corrected chi connectivity index (χ0v) is 21.8. The Morgan fingerprint density at radius 1 is 1.09 bits per heavy atom. The first-order valence-corrected chi connectivity index (χ1v) is 12.1. The Balaban J connectivity index is 2.16. The van der Waals surface area contributed by atoms with E-state index in [9.17, 15) is 14.7 Å². The van der Waals surface area contributed by atoms with E-state index < -0.39 is 17.7 Å². The molecule has 1 heterocycles. The Hall–Kier alpha value is -3.12. The standard InChI is InChI=1S/C29H37NO5/c1-18(2)35-22-13-10-20(11-14-22)25-24(27(32)28(33)30(25)15-8-16-34-7)26(31)23-17-21(29(4,5)6)12-9-19(23)3/h9-14,17-18,25,31H,8,15-16H2,1-7H3/b26-24+. The monoisotopic (exact) mass is 479 g/mol. The Bertz CT molecular complexity index is 1110. The van der Waals surface area contributed by atoms with Crippen molar-refractivity contribution in [3.8, 4) is 5.75 Å². The Labute approximate surface area is 208 Å². The number of benzene rings is 2. The van der Waals surface area contributed by atoms with Gasteiger partial charge in [0.15, 0.2) is 0 Å². The normalized spacial score (nSPS) is 17.9. The van der Waals surface area contributed by atoms with E-state index in [-0.39, 0.29) is 22.9 Å². The smallest absolute Gasteiger partial charge is 0.295 e. The van der Waals surface area contributed by atoms with Crippen molar-refractivity contribution in [2.45, 2.75) is 65.5 Å². The van der Waals surface area contributed by atoms with Crippen LogP contribution in [0, 0.1) is 6.92 Å². The predicted octanol–water partition coefficient (Wildman–Crippen LogP) is 5.54. The Morgan fingerprint density at radius 2 is 1.74 bits per heavy atom. The molecule has 1 atom stereocenters. The molecule has 6 heteroatoms. The van der Waals surface area contributed by atoms with Crippen LogP contribution in [0.3, 0.4) is 0 Å². The number of nitrogens with zero attached hydrogens (tertiary/aromatic N) is 1. The van der Waals surface area contributed by atoms with Crippen molar-refractivity contribution < 1.29 is 24.2 Å². The predicted molar refractivity (Wildman–Crippen MR) is 138 cm³/mol. The first-order valence-electron chi connectivity index (χ1n) is 12.1. The number of rotatable bonds is 8. The summed E-state index contributed by atoms with van der Waals surface area (Å²) in [5, 5.41) is 11.5. The number of hydrogen-bond acceptors (Lipinski definition) is 5. The van der Waals surface area contributed by atoms with Gasteiger partial charge in [-0.15, -0.1) is 0 Å². The molecule has 0 bridgehead atoms. The molecule has 1 fully saturated rings. The maximum atomic E-state index is 13.3. The van der Waals surface area contributed by atoms with Crippen LogP contribution >= 0.6 is 0 Å². The maximum Gasteiger partial charge on any atom is 0.295 e. The fraction of sp³-hybridized carbons (Fsp3) is 0.448. The van der Waals surface area contributed by atoms with Crippen LogP contribution in [0.2, 0.25) is 0 Å². The molecular formula is C29H37NO5. The van der Waals surface area contributed by atoms with Gasteiger partial charge in [-0.25, -0.2) is 0 Å². The fourth-order valence-electron chi connectivity index (χ4n) is 4.33. The average molecular weight is 480 g/mol. The fourth-order valence-corrected chi connectivity index (χ4v) is 4.33. The van der Waals surface area contributed by atoms with Crippen LogP contribution in [0.15, 0.2) is 48.0 Å². The number of ketones is 1. The van der Waals surface area contributed by atoms with E-state index in [0.29, 0.717) is 30.9 Å². The van der Waals surface area contributed by atoms with Gasteiger partial charge in [0.25, 0.3) is 11.7 Å². The van der Waals surface area contributed by atoms with Gasteiger partial charge in [-0.2, -0.15) is 0 Å². The van der Waals surface area contributed by atoms with Gasteiger partial charge in [0.1, 0.15) is 11.5 Å². The van der Waals surface area contributed by atoms with E-state index in [1.165, 1.54) is 4.90 Å². The number of aliphatic hydroxyl groups excluding tert-OH is 1. The van der Waals surface area contributed by atoms with Crippen LogP contribution in [0.1, 0.15) is 69.3 Å². The molecule has 1 aliphatic heterocycles. The van der Waals surface area contributed by atoms with Crippen LogP contribution in [0.4, 0.5) is 0 Å². The quantitative estimate of drug-likeness (QED) is 0.233. The summed E-state index contributed by atoms with van der Waals surface area (Å²) in [5.41, 5.74) is 3.15. The molecule has 1 saturated heterocycles. The molecular weight excluding hydrogens is 442 g/mol. The molecule has 188 valence electrons. The van der Waals surface area contributed by atoms with Gasteiger partial charge in [0.2, 0.25) is 0 Å². The summed E-state index contributed by atoms with van der Waals surface area (Å²) in [6.45, 7) is 12.9. The highest BCUT2D eigenvalue weighted by molar-refractivity contribution is 6.46. The van der Waals surface area contributed by atoms with Crippen molar-refractivity contribution in [2.75, 3.05) is 20.3 Å². The summed E-state index contributed by atoms with van der Waals surface area (Å²) in [6.07, 6.45) is 0.603. The summed E-state index contributed by atoms with van der Waals surface area (Å²) in [4.78, 5) is 27.9. The minimum Gasteiger partial charge on any atom is -0.507 e. The maximum absolute atomic E-state index is 13.3. The zero-order chi connectivity index (χ0) is 25.9. The first kappa shape index (κ1) is 26.5. The summed E-state index contributed by atoms with van der Waals surface area (Å²) >= 11 is 0. The Morgan fingerprint density at radius 3 is 2.31 bits per heavy atom. The highest BCUT2D eigenvalue weighted by Gasteiger charge is 2.46. The van der Waals surface area contributed by atoms with Crippen molar-refractivity contribution in [3.05, 3.63) is 70.3 Å². The van der Waals surface area contributed by atoms with Crippen molar-refractivity contribution >= 4 is 17.4 Å². The molecule has 2 aromatic carbocycles. The number of aliphatic hydroxyl groups is 1. The van der Waals surface area contributed by atoms with Crippen molar-refractivity contribution in [2.24, 2.45) is 0 Å². The zero-order valence-electron chi connectivity index (χ0n) is 21.8. The summed E-state index contributed by atoms with van der Waals surface area (Å²) in [5.74, 6) is -0.727. The molecule has 3 rings (SSSR count). The van der Waals surface area contributed by atoms with E-state index in [1.54, 1.807) is 7.11 Å². The summed E-state index contributed by atoms with van der Waals surface area (Å²) in [7, 11) is 1.60. The highest BCUT2D eigenvalue weighted by Crippen LogP contribution is 2.41. The number of likely N-dealkylation sites (tertiary alicyclic amines) is 1. The molecule has 2 aromatic rings. The van der Waals surface area contributed by atoms with Gasteiger partial charge in [0.05, 0.1) is 17.7 Å². The number of Topliss-reactive ketones (excluding diaryl/α,β-unsaturated/α-hetero) is 1. The number of ether oxygens (including phenoxy) is 2. The van der Waals surface area contributed by atoms with Crippen molar-refractivity contribution in [3.63, 3.8) is 0 Å². The van der Waals surface area contributed by atoms with E-state index in [2.05, 4.69) is 20.8 Å². The largest absolute Gasteiger partial charge is 0.507 e. The van der Waals surface area contributed by atoms with Crippen LogP contribution in [-0.2, 0) is 19.7 Å². The number of carbonyl (C=O) groups is 2. The second-order valence-electron chi connectivity index (χ2n) is 10.4. The first-order chi connectivity index (χ1) is 16.5. The Kier molecular flexibility index (Phi) is 8.06. The molecule has 1 N–H and O–H groups in total. The minimum absolute atomic E-state index is 0.0265. The number of hydrogen-bond donors (Lipinski definition) is 1. The average Bonchev–Trinajstić information content (AvgIpc) is 3.03. The molecule has 35 heavy (non-hydrogen) atoms.